The lowest BCUT2D eigenvalue weighted by atomic mass is 9.70. The molecule has 2 N–H and O–H groups in total. The van der Waals surface area contributed by atoms with Crippen LogP contribution in [0, 0.1) is 11.8 Å². The highest BCUT2D eigenvalue weighted by Crippen LogP contribution is 2.59. The fourth-order valence-corrected chi connectivity index (χ4v) is 6.25. The number of hydrogen-bond donors (Lipinski definition) is 2. The van der Waals surface area contributed by atoms with Gasteiger partial charge < -0.3 is 29.6 Å². The zero-order valence-electron chi connectivity index (χ0n) is 20.6. The first-order chi connectivity index (χ1) is 16.7. The second kappa shape index (κ2) is 9.62. The van der Waals surface area contributed by atoms with E-state index in [0.29, 0.717) is 18.5 Å². The first-order valence-electron chi connectivity index (χ1n) is 12.4. The van der Waals surface area contributed by atoms with E-state index in [2.05, 4.69) is 25.3 Å². The van der Waals surface area contributed by atoms with E-state index in [1.165, 1.54) is 4.90 Å². The van der Waals surface area contributed by atoms with Crippen molar-refractivity contribution in [3.05, 3.63) is 36.9 Å². The quantitative estimate of drug-likeness (QED) is 0.487. The molecule has 0 aliphatic carbocycles. The molecular weight excluding hydrogens is 450 g/mol. The number of rotatable bonds is 10. The molecule has 1 spiro atoms. The normalized spacial score (nSPS) is 29.7. The van der Waals surface area contributed by atoms with Crippen LogP contribution in [0.15, 0.2) is 36.9 Å². The minimum Gasteiger partial charge on any atom is -0.481 e. The van der Waals surface area contributed by atoms with E-state index >= 15 is 0 Å². The summed E-state index contributed by atoms with van der Waals surface area (Å²) in [5, 5.41) is 19.8. The Hall–Kier alpha value is -2.91. The van der Waals surface area contributed by atoms with Crippen molar-refractivity contribution >= 4 is 29.2 Å². The van der Waals surface area contributed by atoms with Crippen molar-refractivity contribution in [3.63, 3.8) is 0 Å². The highest BCUT2D eigenvalue weighted by atomic mass is 16.5. The van der Waals surface area contributed by atoms with Crippen molar-refractivity contribution in [1.29, 1.82) is 0 Å². The molecule has 6 atom stereocenters. The smallest absolute Gasteiger partial charge is 0.310 e. The summed E-state index contributed by atoms with van der Waals surface area (Å²) < 4.78 is 6.23. The maximum atomic E-state index is 14.2. The molecule has 1 aromatic carbocycles. The maximum Gasteiger partial charge on any atom is 0.310 e. The summed E-state index contributed by atoms with van der Waals surface area (Å²) in [6.07, 6.45) is 1.93. The van der Waals surface area contributed by atoms with Crippen molar-refractivity contribution in [2.75, 3.05) is 36.0 Å². The van der Waals surface area contributed by atoms with Crippen molar-refractivity contribution in [3.8, 4) is 0 Å². The molecule has 35 heavy (non-hydrogen) atoms. The number of aliphatic hydroxyl groups excluding tert-OH is 1. The number of amides is 2. The minimum absolute atomic E-state index is 0.210. The zero-order chi connectivity index (χ0) is 25.5. The Bertz CT molecular complexity index is 993. The van der Waals surface area contributed by atoms with Gasteiger partial charge in [-0.2, -0.15) is 0 Å². The number of hydrogen-bond acceptors (Lipinski definition) is 6. The summed E-state index contributed by atoms with van der Waals surface area (Å²) in [7, 11) is 0. The zero-order valence-corrected chi connectivity index (χ0v) is 20.6. The monoisotopic (exact) mass is 485 g/mol. The van der Waals surface area contributed by atoms with Crippen LogP contribution in [-0.4, -0.2) is 82.9 Å². The molecule has 3 saturated heterocycles. The number of likely N-dealkylation sites (tertiary alicyclic amines) is 1. The van der Waals surface area contributed by atoms with Crippen LogP contribution >= 0.6 is 0 Å². The fourth-order valence-electron chi connectivity index (χ4n) is 6.25. The standard InChI is InChI=1S/C26H35N3O6/c1-5-14-28(18-10-8-17(9-11-18)27(6-2)7-3)24(32)22-26-13-12-19(35-26)20(25(33)34)21(26)23(31)29(22)16(4)15-30/h5,8-11,16,19-22,30H,1,6-7,12-15H2,2-4H3,(H,33,34)/t16-,19-,20+,21+,22?,26?/m1/s1. The third-order valence-corrected chi connectivity index (χ3v) is 7.86. The molecule has 3 aliphatic heterocycles. The molecule has 3 fully saturated rings. The predicted octanol–water partition coefficient (Wildman–Crippen LogP) is 1.89. The number of carboxylic acids is 1. The van der Waals surface area contributed by atoms with E-state index in [1.807, 2.05) is 24.3 Å². The molecule has 190 valence electrons. The summed E-state index contributed by atoms with van der Waals surface area (Å²) in [5.41, 5.74) is 0.473. The molecule has 2 unspecified atom stereocenters. The molecule has 0 aromatic heterocycles. The number of aliphatic hydroxyl groups is 1. The average Bonchev–Trinajstić information content (AvgIpc) is 3.50. The van der Waals surface area contributed by atoms with Gasteiger partial charge in [-0.05, 0) is 57.9 Å². The SMILES string of the molecule is C=CCN(C(=O)C1N([C@H](C)CO)C(=O)[C@@H]2[C@@H](C(=O)O)[C@H]3CCC12O3)c1ccc(N(CC)CC)cc1. The van der Waals surface area contributed by atoms with Crippen LogP contribution in [0.1, 0.15) is 33.6 Å². The number of carboxylic acid groups (broad SMARTS) is 1. The molecule has 0 saturated carbocycles. The van der Waals surface area contributed by atoms with Gasteiger partial charge in [0.15, 0.2) is 0 Å². The first kappa shape index (κ1) is 25.2. The molecule has 1 aromatic rings. The predicted molar refractivity (Wildman–Crippen MR) is 131 cm³/mol. The van der Waals surface area contributed by atoms with E-state index in [9.17, 15) is 24.6 Å². The lowest BCUT2D eigenvalue weighted by Gasteiger charge is -2.38. The molecule has 2 amide bonds. The minimum atomic E-state index is -1.22. The van der Waals surface area contributed by atoms with E-state index < -0.39 is 47.5 Å². The number of carbonyl (C=O) groups is 3. The number of anilines is 2. The Kier molecular flexibility index (Phi) is 6.92. The van der Waals surface area contributed by atoms with Crippen LogP contribution in [0.2, 0.25) is 0 Å². The number of aliphatic carboxylic acids is 1. The number of nitrogens with zero attached hydrogens (tertiary/aromatic N) is 3. The van der Waals surface area contributed by atoms with Crippen molar-refractivity contribution in [2.24, 2.45) is 11.8 Å². The topological polar surface area (TPSA) is 111 Å². The summed E-state index contributed by atoms with van der Waals surface area (Å²) >= 11 is 0. The average molecular weight is 486 g/mol. The number of carbonyl (C=O) groups excluding carboxylic acids is 2. The number of fused-ring (bicyclic) bond motifs is 1. The second-order valence-electron chi connectivity index (χ2n) is 9.60. The molecule has 2 bridgehead atoms. The van der Waals surface area contributed by atoms with E-state index in [4.69, 9.17) is 4.74 Å². The summed E-state index contributed by atoms with van der Waals surface area (Å²) in [4.78, 5) is 45.0. The van der Waals surface area contributed by atoms with Crippen molar-refractivity contribution in [2.45, 2.75) is 57.4 Å². The Morgan fingerprint density at radius 1 is 1.26 bits per heavy atom. The van der Waals surface area contributed by atoms with Gasteiger partial charge in [-0.1, -0.05) is 6.08 Å². The van der Waals surface area contributed by atoms with Crippen molar-refractivity contribution in [1.82, 2.24) is 4.90 Å². The second-order valence-corrected chi connectivity index (χ2v) is 9.60. The Morgan fingerprint density at radius 2 is 1.89 bits per heavy atom. The number of benzene rings is 1. The number of ether oxygens (including phenoxy) is 1. The fraction of sp³-hybridized carbons (Fsp3) is 0.577. The molecule has 3 heterocycles. The van der Waals surface area contributed by atoms with Gasteiger partial charge in [0.1, 0.15) is 11.6 Å². The first-order valence-corrected chi connectivity index (χ1v) is 12.4. The van der Waals surface area contributed by atoms with Crippen LogP contribution in [0.4, 0.5) is 11.4 Å². The van der Waals surface area contributed by atoms with E-state index in [1.54, 1.807) is 17.9 Å². The molecule has 0 radical (unpaired) electrons. The van der Waals surface area contributed by atoms with Crippen LogP contribution in [0.25, 0.3) is 0 Å². The maximum absolute atomic E-state index is 14.2. The van der Waals surface area contributed by atoms with Gasteiger partial charge in [0, 0.05) is 31.0 Å². The van der Waals surface area contributed by atoms with Crippen molar-refractivity contribution < 1.29 is 29.3 Å². The molecule has 9 heteroatoms. The summed E-state index contributed by atoms with van der Waals surface area (Å²) in [5.74, 6) is -3.83. The van der Waals surface area contributed by atoms with Crippen LogP contribution in [0.3, 0.4) is 0 Å². The summed E-state index contributed by atoms with van der Waals surface area (Å²) in [6, 6.07) is 5.96. The van der Waals surface area contributed by atoms with Gasteiger partial charge in [0.25, 0.3) is 5.91 Å². The van der Waals surface area contributed by atoms with Crippen LogP contribution in [0.5, 0.6) is 0 Å². The highest BCUT2D eigenvalue weighted by Gasteiger charge is 2.75. The lowest BCUT2D eigenvalue weighted by Crippen LogP contribution is -2.58. The van der Waals surface area contributed by atoms with Gasteiger partial charge in [-0.3, -0.25) is 14.4 Å². The molecule has 4 rings (SSSR count). The van der Waals surface area contributed by atoms with E-state index in [0.717, 1.165) is 18.8 Å². The lowest BCUT2D eigenvalue weighted by molar-refractivity contribution is -0.150. The molecule has 9 nitrogen and oxygen atoms in total. The van der Waals surface area contributed by atoms with Gasteiger partial charge in [0.05, 0.1) is 30.6 Å². The van der Waals surface area contributed by atoms with Gasteiger partial charge >= 0.3 is 5.97 Å². The Balaban J connectivity index is 1.75. The van der Waals surface area contributed by atoms with Gasteiger partial charge in [0.2, 0.25) is 5.91 Å². The molecule has 3 aliphatic rings. The summed E-state index contributed by atoms with van der Waals surface area (Å²) in [6.45, 7) is 11.2. The van der Waals surface area contributed by atoms with Crippen LogP contribution < -0.4 is 9.80 Å². The van der Waals surface area contributed by atoms with E-state index in [-0.39, 0.29) is 19.1 Å². The van der Waals surface area contributed by atoms with Gasteiger partial charge in [-0.15, -0.1) is 6.58 Å². The Morgan fingerprint density at radius 3 is 2.43 bits per heavy atom. The third-order valence-electron chi connectivity index (χ3n) is 7.86. The van der Waals surface area contributed by atoms with Gasteiger partial charge in [-0.25, -0.2) is 0 Å². The third kappa shape index (κ3) is 3.81. The Labute approximate surface area is 205 Å². The molecular formula is C26H35N3O6. The highest BCUT2D eigenvalue weighted by molar-refractivity contribution is 6.04. The van der Waals surface area contributed by atoms with Crippen LogP contribution in [-0.2, 0) is 19.1 Å². The largest absolute Gasteiger partial charge is 0.481 e.